The van der Waals surface area contributed by atoms with Crippen LogP contribution in [0.1, 0.15) is 35.6 Å². The van der Waals surface area contributed by atoms with Crippen LogP contribution in [0.2, 0.25) is 0 Å². The molecule has 23 heavy (non-hydrogen) atoms. The summed E-state index contributed by atoms with van der Waals surface area (Å²) in [5.74, 6) is 1.76. The number of nitrogens with one attached hydrogen (secondary N) is 1. The van der Waals surface area contributed by atoms with E-state index in [4.69, 9.17) is 0 Å². The number of hydrogen-bond donors (Lipinski definition) is 1. The summed E-state index contributed by atoms with van der Waals surface area (Å²) in [4.78, 5) is 18.9. The molecule has 3 rings (SSSR count). The Kier molecular flexibility index (Phi) is 4.50. The van der Waals surface area contributed by atoms with Crippen LogP contribution in [0.3, 0.4) is 0 Å². The van der Waals surface area contributed by atoms with Gasteiger partial charge in [-0.15, -0.1) is 0 Å². The largest absolute Gasteiger partial charge is 0.342 e. The summed E-state index contributed by atoms with van der Waals surface area (Å²) in [7, 11) is 0. The van der Waals surface area contributed by atoms with Crippen molar-refractivity contribution in [2.75, 3.05) is 13.1 Å². The van der Waals surface area contributed by atoms with E-state index in [2.05, 4.69) is 19.7 Å². The highest BCUT2D eigenvalue weighted by atomic mass is 16.2. The summed E-state index contributed by atoms with van der Waals surface area (Å²) < 4.78 is 2.18. The molecule has 0 radical (unpaired) electrons. The second-order valence-corrected chi connectivity index (χ2v) is 6.56. The van der Waals surface area contributed by atoms with Gasteiger partial charge < -0.3 is 9.47 Å². The molecule has 0 unspecified atom stereocenters. The second kappa shape index (κ2) is 6.56. The summed E-state index contributed by atoms with van der Waals surface area (Å²) in [5.41, 5.74) is 2.97. The van der Waals surface area contributed by atoms with Crippen LogP contribution in [0, 0.1) is 26.7 Å². The van der Waals surface area contributed by atoms with Crippen molar-refractivity contribution >= 4 is 5.91 Å². The molecular formula is C17H25N5O. The lowest BCUT2D eigenvalue weighted by Crippen LogP contribution is -2.42. The Morgan fingerprint density at radius 1 is 1.39 bits per heavy atom. The van der Waals surface area contributed by atoms with Crippen LogP contribution in [-0.2, 0) is 17.8 Å². The number of aromatic nitrogens is 4. The maximum Gasteiger partial charge on any atom is 0.227 e. The molecule has 0 aromatic carbocycles. The van der Waals surface area contributed by atoms with E-state index < -0.39 is 0 Å². The first-order valence-corrected chi connectivity index (χ1v) is 8.30. The maximum atomic E-state index is 12.6. The quantitative estimate of drug-likeness (QED) is 0.938. The molecule has 1 aliphatic rings. The SMILES string of the molecule is Cc1n[nH]c(C)c1CC(=O)N1CCC[C@@H](Cn2ccnc2C)C1. The van der Waals surface area contributed by atoms with E-state index in [1.54, 1.807) is 0 Å². The van der Waals surface area contributed by atoms with Gasteiger partial charge in [-0.1, -0.05) is 0 Å². The number of carbonyl (C=O) groups is 1. The zero-order valence-corrected chi connectivity index (χ0v) is 14.2. The zero-order chi connectivity index (χ0) is 16.4. The van der Waals surface area contributed by atoms with Crippen molar-refractivity contribution in [3.63, 3.8) is 0 Å². The summed E-state index contributed by atoms with van der Waals surface area (Å²) in [5, 5.41) is 7.14. The molecule has 1 N–H and O–H groups in total. The number of carbonyl (C=O) groups excluding carboxylic acids is 1. The summed E-state index contributed by atoms with van der Waals surface area (Å²) >= 11 is 0. The molecule has 0 bridgehead atoms. The molecule has 1 saturated heterocycles. The van der Waals surface area contributed by atoms with Crippen molar-refractivity contribution in [2.24, 2.45) is 5.92 Å². The summed E-state index contributed by atoms with van der Waals surface area (Å²) in [6.45, 7) is 8.60. The van der Waals surface area contributed by atoms with Gasteiger partial charge in [-0.05, 0) is 39.5 Å². The minimum atomic E-state index is 0.213. The number of likely N-dealkylation sites (tertiary alicyclic amines) is 1. The molecule has 1 aliphatic heterocycles. The van der Waals surface area contributed by atoms with Crippen molar-refractivity contribution in [3.05, 3.63) is 35.2 Å². The monoisotopic (exact) mass is 315 g/mol. The predicted octanol–water partition coefficient (Wildman–Crippen LogP) is 2.01. The Morgan fingerprint density at radius 2 is 2.22 bits per heavy atom. The fraction of sp³-hybridized carbons (Fsp3) is 0.588. The fourth-order valence-corrected chi connectivity index (χ4v) is 3.41. The number of piperidine rings is 1. The second-order valence-electron chi connectivity index (χ2n) is 6.56. The first-order valence-electron chi connectivity index (χ1n) is 8.30. The smallest absolute Gasteiger partial charge is 0.227 e. The minimum Gasteiger partial charge on any atom is -0.342 e. The van der Waals surface area contributed by atoms with Crippen molar-refractivity contribution < 1.29 is 4.79 Å². The molecule has 0 aliphatic carbocycles. The molecular weight excluding hydrogens is 290 g/mol. The number of H-pyrrole nitrogens is 1. The highest BCUT2D eigenvalue weighted by molar-refractivity contribution is 5.79. The topological polar surface area (TPSA) is 66.8 Å². The van der Waals surface area contributed by atoms with Gasteiger partial charge in [-0.25, -0.2) is 4.98 Å². The Hall–Kier alpha value is -2.11. The number of hydrogen-bond acceptors (Lipinski definition) is 3. The molecule has 1 amide bonds. The number of aromatic amines is 1. The number of nitrogens with zero attached hydrogens (tertiary/aromatic N) is 4. The van der Waals surface area contributed by atoms with Gasteiger partial charge >= 0.3 is 0 Å². The molecule has 6 nitrogen and oxygen atoms in total. The molecule has 0 spiro atoms. The van der Waals surface area contributed by atoms with Crippen LogP contribution < -0.4 is 0 Å². The first-order chi connectivity index (χ1) is 11.0. The van der Waals surface area contributed by atoms with Gasteiger partial charge in [-0.2, -0.15) is 5.10 Å². The van der Waals surface area contributed by atoms with Gasteiger partial charge in [0.1, 0.15) is 5.82 Å². The lowest BCUT2D eigenvalue weighted by atomic mass is 9.97. The van der Waals surface area contributed by atoms with Crippen molar-refractivity contribution in [3.8, 4) is 0 Å². The standard InChI is InChI=1S/C17H25N5O/c1-12-16(13(2)20-19-12)9-17(23)22-7-4-5-15(11-22)10-21-8-6-18-14(21)3/h6,8,15H,4-5,7,9-11H2,1-3H3,(H,19,20)/t15-/m0/s1. The van der Waals surface area contributed by atoms with Crippen molar-refractivity contribution in [2.45, 2.75) is 46.6 Å². The third kappa shape index (κ3) is 3.46. The van der Waals surface area contributed by atoms with Crippen molar-refractivity contribution in [1.29, 1.82) is 0 Å². The molecule has 2 aromatic rings. The average Bonchev–Trinajstić information content (AvgIpc) is 3.08. The molecule has 6 heteroatoms. The minimum absolute atomic E-state index is 0.213. The molecule has 1 atom stereocenters. The van der Waals surface area contributed by atoms with Crippen LogP contribution in [0.4, 0.5) is 0 Å². The lowest BCUT2D eigenvalue weighted by Gasteiger charge is -2.33. The average molecular weight is 315 g/mol. The first kappa shape index (κ1) is 15.8. The van der Waals surface area contributed by atoms with E-state index in [0.717, 1.165) is 48.8 Å². The Morgan fingerprint density at radius 3 is 2.87 bits per heavy atom. The highest BCUT2D eigenvalue weighted by Crippen LogP contribution is 2.20. The van der Waals surface area contributed by atoms with E-state index in [1.165, 1.54) is 6.42 Å². The van der Waals surface area contributed by atoms with Crippen LogP contribution in [0.15, 0.2) is 12.4 Å². The van der Waals surface area contributed by atoms with Crippen LogP contribution in [0.25, 0.3) is 0 Å². The predicted molar refractivity (Wildman–Crippen MR) is 88.0 cm³/mol. The zero-order valence-electron chi connectivity index (χ0n) is 14.2. The van der Waals surface area contributed by atoms with Gasteiger partial charge in [0.2, 0.25) is 5.91 Å². The van der Waals surface area contributed by atoms with Gasteiger partial charge in [0, 0.05) is 43.3 Å². The molecule has 124 valence electrons. The molecule has 3 heterocycles. The van der Waals surface area contributed by atoms with Gasteiger partial charge in [0.25, 0.3) is 0 Å². The fourth-order valence-electron chi connectivity index (χ4n) is 3.41. The maximum absolute atomic E-state index is 12.6. The van der Waals surface area contributed by atoms with E-state index in [0.29, 0.717) is 12.3 Å². The number of rotatable bonds is 4. The van der Waals surface area contributed by atoms with E-state index in [-0.39, 0.29) is 5.91 Å². The van der Waals surface area contributed by atoms with Gasteiger partial charge in [-0.3, -0.25) is 9.89 Å². The van der Waals surface area contributed by atoms with E-state index in [1.807, 2.05) is 38.1 Å². The lowest BCUT2D eigenvalue weighted by molar-refractivity contribution is -0.132. The van der Waals surface area contributed by atoms with Gasteiger partial charge in [0.15, 0.2) is 0 Å². The van der Waals surface area contributed by atoms with Crippen molar-refractivity contribution in [1.82, 2.24) is 24.6 Å². The number of imidazole rings is 1. The Labute approximate surface area is 136 Å². The normalized spacial score (nSPS) is 18.4. The molecule has 0 saturated carbocycles. The van der Waals surface area contributed by atoms with Crippen LogP contribution in [-0.4, -0.2) is 43.6 Å². The third-order valence-corrected chi connectivity index (χ3v) is 4.86. The van der Waals surface area contributed by atoms with E-state index >= 15 is 0 Å². The number of amides is 1. The number of aryl methyl sites for hydroxylation is 3. The molecule has 2 aromatic heterocycles. The molecule has 1 fully saturated rings. The summed E-state index contributed by atoms with van der Waals surface area (Å²) in [6.07, 6.45) is 6.56. The third-order valence-electron chi connectivity index (χ3n) is 4.86. The van der Waals surface area contributed by atoms with E-state index in [9.17, 15) is 4.79 Å². The Bertz CT molecular complexity index is 667. The summed E-state index contributed by atoms with van der Waals surface area (Å²) in [6, 6.07) is 0. The van der Waals surface area contributed by atoms with Crippen LogP contribution in [0.5, 0.6) is 0 Å². The highest BCUT2D eigenvalue weighted by Gasteiger charge is 2.25. The van der Waals surface area contributed by atoms with Crippen LogP contribution >= 0.6 is 0 Å². The van der Waals surface area contributed by atoms with Gasteiger partial charge in [0.05, 0.1) is 12.1 Å². The Balaban J connectivity index is 1.62.